The summed E-state index contributed by atoms with van der Waals surface area (Å²) in [6, 6.07) is 23.6. The van der Waals surface area contributed by atoms with Gasteiger partial charge in [-0.1, -0.05) is 48.0 Å². The minimum Gasteiger partial charge on any atom is -0.370 e. The summed E-state index contributed by atoms with van der Waals surface area (Å²) in [6.45, 7) is 1.17. The molecule has 0 aliphatic carbocycles. The van der Waals surface area contributed by atoms with Crippen molar-refractivity contribution in [3.63, 3.8) is 0 Å². The van der Waals surface area contributed by atoms with Crippen LogP contribution in [0.1, 0.15) is 21.8 Å². The summed E-state index contributed by atoms with van der Waals surface area (Å²) in [5.74, 6) is -0.748. The maximum absolute atomic E-state index is 14.5. The first kappa shape index (κ1) is 17.7. The Kier molecular flexibility index (Phi) is 4.95. The van der Waals surface area contributed by atoms with E-state index in [0.29, 0.717) is 29.2 Å². The molecule has 4 rings (SSSR count). The van der Waals surface area contributed by atoms with Gasteiger partial charge in [0.15, 0.2) is 5.78 Å². The third-order valence-electron chi connectivity index (χ3n) is 5.21. The number of carbonyl (C=O) groups is 1. The van der Waals surface area contributed by atoms with Crippen LogP contribution in [0.5, 0.6) is 0 Å². The topological polar surface area (TPSA) is 20.3 Å². The molecule has 0 bridgehead atoms. The molecule has 1 heterocycles. The zero-order valence-corrected chi connectivity index (χ0v) is 15.4. The van der Waals surface area contributed by atoms with Crippen molar-refractivity contribution in [1.82, 2.24) is 0 Å². The lowest BCUT2D eigenvalue weighted by atomic mass is 9.83. The van der Waals surface area contributed by atoms with Crippen molar-refractivity contribution in [3.05, 3.63) is 101 Å². The number of halogens is 2. The monoisotopic (exact) mass is 379 g/mol. The van der Waals surface area contributed by atoms with Gasteiger partial charge in [0.2, 0.25) is 0 Å². The Morgan fingerprint density at radius 1 is 0.889 bits per heavy atom. The summed E-state index contributed by atoms with van der Waals surface area (Å²) >= 11 is 5.96. The molecule has 1 fully saturated rings. The first-order valence-corrected chi connectivity index (χ1v) is 9.35. The van der Waals surface area contributed by atoms with E-state index < -0.39 is 0 Å². The maximum atomic E-state index is 14.5. The molecule has 1 saturated heterocycles. The molecule has 0 spiro atoms. The van der Waals surface area contributed by atoms with E-state index in [1.165, 1.54) is 6.07 Å². The van der Waals surface area contributed by atoms with Crippen LogP contribution in [0, 0.1) is 11.7 Å². The van der Waals surface area contributed by atoms with Crippen molar-refractivity contribution in [2.75, 3.05) is 18.0 Å². The van der Waals surface area contributed by atoms with E-state index in [4.69, 9.17) is 11.6 Å². The van der Waals surface area contributed by atoms with Gasteiger partial charge in [-0.3, -0.25) is 4.79 Å². The molecule has 27 heavy (non-hydrogen) atoms. The van der Waals surface area contributed by atoms with Crippen molar-refractivity contribution in [2.24, 2.45) is 5.92 Å². The van der Waals surface area contributed by atoms with Crippen LogP contribution in [-0.2, 0) is 0 Å². The van der Waals surface area contributed by atoms with E-state index in [-0.39, 0.29) is 23.4 Å². The molecule has 4 heteroatoms. The van der Waals surface area contributed by atoms with Crippen LogP contribution in [0.15, 0.2) is 78.9 Å². The Bertz CT molecular complexity index is 942. The van der Waals surface area contributed by atoms with E-state index in [1.807, 2.05) is 36.4 Å². The Labute approximate surface area is 163 Å². The fraction of sp³-hybridized carbons (Fsp3) is 0.174. The molecule has 2 atom stereocenters. The van der Waals surface area contributed by atoms with Gasteiger partial charge in [-0.2, -0.15) is 0 Å². The second-order valence-electron chi connectivity index (χ2n) is 6.85. The zero-order chi connectivity index (χ0) is 18.8. The van der Waals surface area contributed by atoms with Crippen LogP contribution in [0.2, 0.25) is 5.02 Å². The van der Waals surface area contributed by atoms with Crippen molar-refractivity contribution < 1.29 is 9.18 Å². The fourth-order valence-electron chi connectivity index (χ4n) is 3.84. The predicted octanol–water partition coefficient (Wildman–Crippen LogP) is 5.58. The van der Waals surface area contributed by atoms with Gasteiger partial charge in [-0.15, -0.1) is 0 Å². The van der Waals surface area contributed by atoms with Crippen molar-refractivity contribution >= 4 is 23.1 Å². The first-order valence-electron chi connectivity index (χ1n) is 8.97. The summed E-state index contributed by atoms with van der Waals surface area (Å²) in [5, 5.41) is 0.592. The molecule has 136 valence electrons. The second-order valence-corrected chi connectivity index (χ2v) is 7.28. The minimum absolute atomic E-state index is 0.0263. The highest BCUT2D eigenvalue weighted by Gasteiger charge is 2.39. The van der Waals surface area contributed by atoms with E-state index in [2.05, 4.69) is 4.90 Å². The lowest BCUT2D eigenvalue weighted by Crippen LogP contribution is -2.23. The number of benzene rings is 3. The number of nitrogens with zero attached hydrogens (tertiary/aromatic N) is 1. The molecule has 1 aliphatic rings. The SMILES string of the molecule is O=C(c1ccc(Cl)cc1)[C@@H]1CN(c2ccccc2)C[C@@H]1c1ccccc1F. The van der Waals surface area contributed by atoms with Crippen molar-refractivity contribution in [3.8, 4) is 0 Å². The predicted molar refractivity (Wildman–Crippen MR) is 107 cm³/mol. The molecule has 2 nitrogen and oxygen atoms in total. The third-order valence-corrected chi connectivity index (χ3v) is 5.46. The highest BCUT2D eigenvalue weighted by atomic mass is 35.5. The van der Waals surface area contributed by atoms with Gasteiger partial charge in [0.25, 0.3) is 0 Å². The summed E-state index contributed by atoms with van der Waals surface area (Å²) < 4.78 is 14.5. The number of hydrogen-bond acceptors (Lipinski definition) is 2. The van der Waals surface area contributed by atoms with Gasteiger partial charge in [0.05, 0.1) is 0 Å². The van der Waals surface area contributed by atoms with Gasteiger partial charge < -0.3 is 4.90 Å². The van der Waals surface area contributed by atoms with Gasteiger partial charge in [0.1, 0.15) is 5.82 Å². The highest BCUT2D eigenvalue weighted by Crippen LogP contribution is 2.38. The first-order chi connectivity index (χ1) is 13.1. The van der Waals surface area contributed by atoms with Crippen molar-refractivity contribution in [1.29, 1.82) is 0 Å². The number of Topliss-reactive ketones (excluding diaryl/α,β-unsaturated/α-hetero) is 1. The van der Waals surface area contributed by atoms with Gasteiger partial charge in [-0.25, -0.2) is 4.39 Å². The highest BCUT2D eigenvalue weighted by molar-refractivity contribution is 6.30. The zero-order valence-electron chi connectivity index (χ0n) is 14.7. The molecule has 0 N–H and O–H groups in total. The smallest absolute Gasteiger partial charge is 0.168 e. The summed E-state index contributed by atoms with van der Waals surface area (Å²) in [5.41, 5.74) is 2.26. The maximum Gasteiger partial charge on any atom is 0.168 e. The standard InChI is InChI=1S/C23H19ClFNO/c24-17-12-10-16(11-13-17)23(27)21-15-26(18-6-2-1-3-7-18)14-20(21)19-8-4-5-9-22(19)25/h1-13,20-21H,14-15H2/t20-,21-/m1/s1. The molecule has 0 radical (unpaired) electrons. The Morgan fingerprint density at radius 3 is 2.26 bits per heavy atom. The molecular weight excluding hydrogens is 361 g/mol. The Balaban J connectivity index is 1.70. The largest absolute Gasteiger partial charge is 0.370 e. The van der Waals surface area contributed by atoms with Crippen LogP contribution >= 0.6 is 11.6 Å². The number of para-hydroxylation sites is 1. The molecule has 3 aromatic rings. The summed E-state index contributed by atoms with van der Waals surface area (Å²) in [4.78, 5) is 15.4. The van der Waals surface area contributed by atoms with Crippen LogP contribution in [0.25, 0.3) is 0 Å². The van der Waals surface area contributed by atoms with E-state index in [0.717, 1.165) is 5.69 Å². The number of anilines is 1. The van der Waals surface area contributed by atoms with Gasteiger partial charge >= 0.3 is 0 Å². The number of ketones is 1. The molecule has 1 aliphatic heterocycles. The number of hydrogen-bond donors (Lipinski definition) is 0. The molecular formula is C23H19ClFNO. The summed E-state index contributed by atoms with van der Waals surface area (Å²) in [7, 11) is 0. The van der Waals surface area contributed by atoms with Crippen LogP contribution in [0.4, 0.5) is 10.1 Å². The van der Waals surface area contributed by atoms with Crippen LogP contribution in [0.3, 0.4) is 0 Å². The average molecular weight is 380 g/mol. The van der Waals surface area contributed by atoms with E-state index >= 15 is 0 Å². The van der Waals surface area contributed by atoms with E-state index in [1.54, 1.807) is 36.4 Å². The fourth-order valence-corrected chi connectivity index (χ4v) is 3.96. The molecule has 3 aromatic carbocycles. The Hall–Kier alpha value is -2.65. The molecule has 0 amide bonds. The molecule has 0 unspecified atom stereocenters. The number of rotatable bonds is 4. The molecule has 0 saturated carbocycles. The second kappa shape index (κ2) is 7.53. The average Bonchev–Trinajstić information content (AvgIpc) is 3.14. The van der Waals surface area contributed by atoms with E-state index in [9.17, 15) is 9.18 Å². The van der Waals surface area contributed by atoms with Gasteiger partial charge in [-0.05, 0) is 48.0 Å². The Morgan fingerprint density at radius 2 is 1.56 bits per heavy atom. The van der Waals surface area contributed by atoms with Crippen LogP contribution < -0.4 is 4.90 Å². The number of carbonyl (C=O) groups excluding carboxylic acids is 1. The third kappa shape index (κ3) is 3.60. The summed E-state index contributed by atoms with van der Waals surface area (Å²) in [6.07, 6.45) is 0. The molecule has 0 aromatic heterocycles. The normalized spacial score (nSPS) is 19.3. The quantitative estimate of drug-likeness (QED) is 0.551. The lowest BCUT2D eigenvalue weighted by Gasteiger charge is -2.18. The van der Waals surface area contributed by atoms with Crippen molar-refractivity contribution in [2.45, 2.75) is 5.92 Å². The van der Waals surface area contributed by atoms with Gasteiger partial charge in [0, 0.05) is 41.2 Å². The van der Waals surface area contributed by atoms with Crippen LogP contribution in [-0.4, -0.2) is 18.9 Å². The minimum atomic E-state index is -0.316. The lowest BCUT2D eigenvalue weighted by molar-refractivity contribution is 0.0921.